The zero-order chi connectivity index (χ0) is 20.7. The maximum Gasteiger partial charge on any atom is 0.342 e. The highest BCUT2D eigenvalue weighted by Crippen LogP contribution is 2.25. The molecule has 1 heterocycles. The molecule has 6 nitrogen and oxygen atoms in total. The van der Waals surface area contributed by atoms with E-state index in [4.69, 9.17) is 12.6 Å². The number of hydrogen-bond donors (Lipinski definition) is 3. The van der Waals surface area contributed by atoms with Gasteiger partial charge in [0.1, 0.15) is 23.7 Å². The quantitative estimate of drug-likeness (QED) is 0.233. The van der Waals surface area contributed by atoms with Gasteiger partial charge in [0.2, 0.25) is 0 Å². The Morgan fingerprint density at radius 3 is 2.64 bits per heavy atom. The fraction of sp³-hybridized carbons (Fsp3) is 0.381. The highest BCUT2D eigenvalue weighted by molar-refractivity contribution is 6.08. The number of hydrogen-bond acceptors (Lipinski definition) is 5. The predicted octanol–water partition coefficient (Wildman–Crippen LogP) is 2.78. The fourth-order valence-corrected chi connectivity index (χ4v) is 2.93. The first kappa shape index (κ1) is 21.6. The van der Waals surface area contributed by atoms with E-state index in [0.717, 1.165) is 17.5 Å². The summed E-state index contributed by atoms with van der Waals surface area (Å²) in [4.78, 5) is 13.5. The van der Waals surface area contributed by atoms with E-state index in [0.29, 0.717) is 37.9 Å². The van der Waals surface area contributed by atoms with Crippen molar-refractivity contribution in [2.45, 2.75) is 37.8 Å². The summed E-state index contributed by atoms with van der Waals surface area (Å²) < 4.78 is 5.53. The van der Waals surface area contributed by atoms with Gasteiger partial charge in [-0.2, -0.15) is 0 Å². The van der Waals surface area contributed by atoms with Crippen LogP contribution in [-0.4, -0.2) is 59.3 Å². The number of carboxylic acids is 1. The number of allylic oxidation sites excluding steroid dienone is 4. The standard InChI is InChI=1S/C21H26BNO5/c1-3-16(8-9-22)20(25)19(21(26)27)13-28-18-11-23(12-18)14(2)10-15-4-6-17(24)7-5-15/h3-6,13,17-18,24-25H,1-2,7-12H2,(H,26,27)/b19-13-,20-16-. The molecule has 28 heavy (non-hydrogen) atoms. The Kier molecular flexibility index (Phi) is 7.75. The molecule has 1 aliphatic carbocycles. The number of aliphatic carboxylic acids is 1. The number of ether oxygens (including phenoxy) is 1. The second-order valence-electron chi connectivity index (χ2n) is 6.80. The zero-order valence-corrected chi connectivity index (χ0v) is 15.9. The SMILES string of the molecule is [B]CC/C(C=C)=C(O)/C(=C/OC1CN(C(=C)CC2=CCC(O)C=C2)C1)C(=O)O. The van der Waals surface area contributed by atoms with E-state index < -0.39 is 12.1 Å². The highest BCUT2D eigenvalue weighted by Gasteiger charge is 2.29. The molecule has 0 saturated carbocycles. The summed E-state index contributed by atoms with van der Waals surface area (Å²) in [6, 6.07) is 0. The lowest BCUT2D eigenvalue weighted by molar-refractivity contribution is -0.132. The maximum atomic E-state index is 11.4. The molecule has 1 atom stereocenters. The largest absolute Gasteiger partial charge is 0.507 e. The molecule has 2 rings (SSSR count). The first-order chi connectivity index (χ1) is 13.3. The van der Waals surface area contributed by atoms with Gasteiger partial charge in [0, 0.05) is 12.1 Å². The van der Waals surface area contributed by atoms with E-state index in [-0.39, 0.29) is 23.8 Å². The van der Waals surface area contributed by atoms with E-state index in [1.165, 1.54) is 6.08 Å². The van der Waals surface area contributed by atoms with Crippen LogP contribution in [0.3, 0.4) is 0 Å². The molecule has 0 bridgehead atoms. The predicted molar refractivity (Wildman–Crippen MR) is 109 cm³/mol. The van der Waals surface area contributed by atoms with Crippen LogP contribution in [0, 0.1) is 0 Å². The number of rotatable bonds is 10. The Morgan fingerprint density at radius 1 is 1.39 bits per heavy atom. The van der Waals surface area contributed by atoms with Gasteiger partial charge in [0.15, 0.2) is 0 Å². The van der Waals surface area contributed by atoms with Gasteiger partial charge < -0.3 is 25.0 Å². The van der Waals surface area contributed by atoms with Crippen LogP contribution in [-0.2, 0) is 9.53 Å². The average molecular weight is 383 g/mol. The molecule has 0 spiro atoms. The molecule has 0 aromatic carbocycles. The van der Waals surface area contributed by atoms with Crippen LogP contribution in [0.2, 0.25) is 6.32 Å². The van der Waals surface area contributed by atoms with Crippen LogP contribution >= 0.6 is 0 Å². The monoisotopic (exact) mass is 383 g/mol. The molecule has 3 N–H and O–H groups in total. The normalized spacial score (nSPS) is 20.8. The van der Waals surface area contributed by atoms with Gasteiger partial charge in [-0.1, -0.05) is 43.8 Å². The minimum Gasteiger partial charge on any atom is -0.507 e. The second-order valence-corrected chi connectivity index (χ2v) is 6.80. The van der Waals surface area contributed by atoms with Gasteiger partial charge in [-0.05, 0) is 24.0 Å². The minimum atomic E-state index is -1.28. The maximum absolute atomic E-state index is 11.4. The van der Waals surface area contributed by atoms with E-state index >= 15 is 0 Å². The average Bonchev–Trinajstić information content (AvgIpc) is 2.62. The van der Waals surface area contributed by atoms with Crippen LogP contribution in [0.5, 0.6) is 0 Å². The van der Waals surface area contributed by atoms with Crippen LogP contribution in [0.15, 0.2) is 71.9 Å². The van der Waals surface area contributed by atoms with Crippen molar-refractivity contribution in [1.82, 2.24) is 4.90 Å². The van der Waals surface area contributed by atoms with Gasteiger partial charge in [-0.25, -0.2) is 4.79 Å². The molecule has 7 heteroatoms. The molecule has 148 valence electrons. The summed E-state index contributed by atoms with van der Waals surface area (Å²) in [5, 5.41) is 29.0. The molecule has 0 amide bonds. The van der Waals surface area contributed by atoms with Gasteiger partial charge in [0.05, 0.1) is 27.0 Å². The Hall–Kier alpha value is -2.67. The number of nitrogens with zero attached hydrogens (tertiary/aromatic N) is 1. The Morgan fingerprint density at radius 2 is 2.11 bits per heavy atom. The number of likely N-dealkylation sites (tertiary alicyclic amines) is 1. The lowest BCUT2D eigenvalue weighted by Crippen LogP contribution is -2.50. The smallest absolute Gasteiger partial charge is 0.342 e. The summed E-state index contributed by atoms with van der Waals surface area (Å²) >= 11 is 0. The van der Waals surface area contributed by atoms with Crippen LogP contribution < -0.4 is 0 Å². The van der Waals surface area contributed by atoms with Gasteiger partial charge in [-0.3, -0.25) is 0 Å². The second kappa shape index (κ2) is 10.0. The van der Waals surface area contributed by atoms with E-state index in [1.807, 2.05) is 12.2 Å². The van der Waals surface area contributed by atoms with Crippen molar-refractivity contribution in [3.8, 4) is 0 Å². The van der Waals surface area contributed by atoms with Crippen LogP contribution in [0.1, 0.15) is 19.3 Å². The lowest BCUT2D eigenvalue weighted by Gasteiger charge is -2.41. The Balaban J connectivity index is 1.89. The Bertz CT molecular complexity index is 744. The topological polar surface area (TPSA) is 90.2 Å². The lowest BCUT2D eigenvalue weighted by atomic mass is 9.95. The molecule has 0 aromatic heterocycles. The molecule has 1 saturated heterocycles. The summed E-state index contributed by atoms with van der Waals surface area (Å²) in [6.07, 6.45) is 9.44. The molecule has 0 aromatic rings. The van der Waals surface area contributed by atoms with Gasteiger partial charge in [-0.15, -0.1) is 0 Å². The van der Waals surface area contributed by atoms with E-state index in [2.05, 4.69) is 18.1 Å². The molecule has 2 radical (unpaired) electrons. The van der Waals surface area contributed by atoms with Crippen molar-refractivity contribution in [1.29, 1.82) is 0 Å². The summed E-state index contributed by atoms with van der Waals surface area (Å²) in [5.41, 5.74) is 2.09. The first-order valence-electron chi connectivity index (χ1n) is 9.17. The van der Waals surface area contributed by atoms with Crippen molar-refractivity contribution >= 4 is 13.8 Å². The third-order valence-corrected chi connectivity index (χ3v) is 4.69. The third kappa shape index (κ3) is 5.66. The summed E-state index contributed by atoms with van der Waals surface area (Å²) in [5.74, 6) is -1.67. The molecule has 1 aliphatic heterocycles. The highest BCUT2D eigenvalue weighted by atomic mass is 16.5. The van der Waals surface area contributed by atoms with Crippen molar-refractivity contribution in [2.24, 2.45) is 0 Å². The van der Waals surface area contributed by atoms with Crippen molar-refractivity contribution < 1.29 is 24.9 Å². The van der Waals surface area contributed by atoms with Crippen LogP contribution in [0.4, 0.5) is 0 Å². The van der Waals surface area contributed by atoms with Crippen molar-refractivity contribution in [3.63, 3.8) is 0 Å². The third-order valence-electron chi connectivity index (χ3n) is 4.69. The van der Waals surface area contributed by atoms with Crippen LogP contribution in [0.25, 0.3) is 0 Å². The number of aliphatic hydroxyl groups excluding tert-OH is 2. The van der Waals surface area contributed by atoms with Gasteiger partial charge in [0.25, 0.3) is 0 Å². The number of aliphatic hydroxyl groups is 2. The molecule has 1 fully saturated rings. The summed E-state index contributed by atoms with van der Waals surface area (Å²) in [7, 11) is 5.46. The molecular formula is C21H26BNO5. The zero-order valence-electron chi connectivity index (χ0n) is 15.9. The minimum absolute atomic E-state index is 0.182. The first-order valence-corrected chi connectivity index (χ1v) is 9.17. The van der Waals surface area contributed by atoms with Gasteiger partial charge >= 0.3 is 5.97 Å². The number of carboxylic acid groups (broad SMARTS) is 1. The Labute approximate surface area is 166 Å². The molecular weight excluding hydrogens is 357 g/mol. The van der Waals surface area contributed by atoms with E-state index in [9.17, 15) is 20.1 Å². The van der Waals surface area contributed by atoms with E-state index in [1.54, 1.807) is 6.08 Å². The van der Waals surface area contributed by atoms with Crippen molar-refractivity contribution in [2.75, 3.05) is 13.1 Å². The molecule has 2 aliphatic rings. The summed E-state index contributed by atoms with van der Waals surface area (Å²) in [6.45, 7) is 8.83. The molecule has 1 unspecified atom stereocenters. The number of carbonyl (C=O) groups is 1. The van der Waals surface area contributed by atoms with Crippen molar-refractivity contribution in [3.05, 3.63) is 71.9 Å². The fourth-order valence-electron chi connectivity index (χ4n) is 2.93.